The summed E-state index contributed by atoms with van der Waals surface area (Å²) in [4.78, 5) is 12.0. The predicted octanol–water partition coefficient (Wildman–Crippen LogP) is 3.66. The lowest BCUT2D eigenvalue weighted by Gasteiger charge is -2.04. The van der Waals surface area contributed by atoms with Gasteiger partial charge in [0.25, 0.3) is 0 Å². The van der Waals surface area contributed by atoms with E-state index in [2.05, 4.69) is 10.5 Å². The molecule has 2 aromatic carbocycles. The maximum Gasteiger partial charge on any atom is 0.230 e. The van der Waals surface area contributed by atoms with E-state index >= 15 is 0 Å². The first-order chi connectivity index (χ1) is 9.72. The van der Waals surface area contributed by atoms with E-state index in [0.29, 0.717) is 22.0 Å². The molecule has 3 aromatic rings. The molecule has 0 aliphatic heterocycles. The number of fused-ring (bicyclic) bond motifs is 1. The molecule has 100 valence electrons. The maximum absolute atomic E-state index is 12.0. The van der Waals surface area contributed by atoms with Crippen molar-refractivity contribution in [3.8, 4) is 0 Å². The second kappa shape index (κ2) is 5.35. The second-order valence-corrected chi connectivity index (χ2v) is 4.80. The summed E-state index contributed by atoms with van der Waals surface area (Å²) in [6.45, 7) is 0. The number of hydrogen-bond donors (Lipinski definition) is 1. The van der Waals surface area contributed by atoms with Crippen molar-refractivity contribution in [1.29, 1.82) is 0 Å². The Balaban J connectivity index is 1.76. The molecule has 20 heavy (non-hydrogen) atoms. The van der Waals surface area contributed by atoms with Crippen LogP contribution in [-0.4, -0.2) is 11.1 Å². The van der Waals surface area contributed by atoms with E-state index < -0.39 is 0 Å². The van der Waals surface area contributed by atoms with Crippen molar-refractivity contribution in [1.82, 2.24) is 5.16 Å². The molecule has 0 aliphatic carbocycles. The summed E-state index contributed by atoms with van der Waals surface area (Å²) in [7, 11) is 0. The fourth-order valence-corrected chi connectivity index (χ4v) is 2.18. The molecule has 1 aromatic heterocycles. The molecule has 0 bridgehead atoms. The number of hydrogen-bond acceptors (Lipinski definition) is 3. The van der Waals surface area contributed by atoms with Crippen LogP contribution in [0, 0.1) is 0 Å². The van der Waals surface area contributed by atoms with Crippen molar-refractivity contribution in [3.05, 3.63) is 59.2 Å². The largest absolute Gasteiger partial charge is 0.356 e. The summed E-state index contributed by atoms with van der Waals surface area (Å²) in [5.41, 5.74) is 1.97. The number of nitrogens with zero attached hydrogens (tertiary/aromatic N) is 1. The number of rotatable bonds is 3. The normalized spacial score (nSPS) is 10.7. The lowest BCUT2D eigenvalue weighted by Crippen LogP contribution is -2.14. The standard InChI is InChI=1S/C15H11ClN2O2/c16-10-4-3-5-11(8-10)17-15(19)9-13-12-6-1-2-7-14(12)20-18-13/h1-8H,9H2,(H,17,19). The van der Waals surface area contributed by atoms with Crippen LogP contribution >= 0.6 is 11.6 Å². The molecule has 0 radical (unpaired) electrons. The van der Waals surface area contributed by atoms with Gasteiger partial charge in [-0.1, -0.05) is 35.0 Å². The monoisotopic (exact) mass is 286 g/mol. The van der Waals surface area contributed by atoms with E-state index in [1.807, 2.05) is 24.3 Å². The van der Waals surface area contributed by atoms with Crippen LogP contribution in [0.1, 0.15) is 5.69 Å². The van der Waals surface area contributed by atoms with Gasteiger partial charge in [-0.3, -0.25) is 4.79 Å². The highest BCUT2D eigenvalue weighted by atomic mass is 35.5. The first-order valence-electron chi connectivity index (χ1n) is 6.11. The van der Waals surface area contributed by atoms with Gasteiger partial charge < -0.3 is 9.84 Å². The molecule has 1 N–H and O–H groups in total. The van der Waals surface area contributed by atoms with Gasteiger partial charge in [-0.2, -0.15) is 0 Å². The minimum atomic E-state index is -0.161. The number of carbonyl (C=O) groups is 1. The number of carbonyl (C=O) groups excluding carboxylic acids is 1. The van der Waals surface area contributed by atoms with E-state index in [1.54, 1.807) is 24.3 Å². The maximum atomic E-state index is 12.0. The van der Waals surface area contributed by atoms with Crippen molar-refractivity contribution in [3.63, 3.8) is 0 Å². The molecule has 0 spiro atoms. The predicted molar refractivity (Wildman–Crippen MR) is 77.8 cm³/mol. The van der Waals surface area contributed by atoms with Crippen LogP contribution in [0.4, 0.5) is 5.69 Å². The van der Waals surface area contributed by atoms with E-state index in [-0.39, 0.29) is 12.3 Å². The third-order valence-electron chi connectivity index (χ3n) is 2.89. The highest BCUT2D eigenvalue weighted by Crippen LogP contribution is 2.19. The lowest BCUT2D eigenvalue weighted by molar-refractivity contribution is -0.115. The number of benzene rings is 2. The summed E-state index contributed by atoms with van der Waals surface area (Å²) >= 11 is 5.87. The van der Waals surface area contributed by atoms with Gasteiger partial charge in [0, 0.05) is 16.1 Å². The average molecular weight is 287 g/mol. The summed E-state index contributed by atoms with van der Waals surface area (Å²) in [6.07, 6.45) is 0.156. The zero-order valence-electron chi connectivity index (χ0n) is 10.5. The van der Waals surface area contributed by atoms with Crippen LogP contribution in [0.5, 0.6) is 0 Å². The Morgan fingerprint density at radius 2 is 2.05 bits per heavy atom. The Labute approximate surface area is 120 Å². The number of nitrogens with one attached hydrogen (secondary N) is 1. The molecule has 1 heterocycles. The van der Waals surface area contributed by atoms with E-state index in [0.717, 1.165) is 5.39 Å². The molecule has 5 heteroatoms. The first-order valence-corrected chi connectivity index (χ1v) is 6.49. The van der Waals surface area contributed by atoms with Crippen LogP contribution < -0.4 is 5.32 Å². The Bertz CT molecular complexity index is 767. The van der Waals surface area contributed by atoms with Crippen LogP contribution in [0.25, 0.3) is 11.0 Å². The summed E-state index contributed by atoms with van der Waals surface area (Å²) in [6, 6.07) is 14.5. The molecule has 0 saturated heterocycles. The van der Waals surface area contributed by atoms with Crippen molar-refractivity contribution in [2.45, 2.75) is 6.42 Å². The zero-order valence-corrected chi connectivity index (χ0v) is 11.2. The number of para-hydroxylation sites is 1. The van der Waals surface area contributed by atoms with Gasteiger partial charge in [0.1, 0.15) is 5.69 Å². The van der Waals surface area contributed by atoms with E-state index in [9.17, 15) is 4.79 Å². The fourth-order valence-electron chi connectivity index (χ4n) is 1.99. The fraction of sp³-hybridized carbons (Fsp3) is 0.0667. The zero-order chi connectivity index (χ0) is 13.9. The summed E-state index contributed by atoms with van der Waals surface area (Å²) in [5.74, 6) is -0.161. The lowest BCUT2D eigenvalue weighted by atomic mass is 10.1. The molecule has 0 unspecified atom stereocenters. The summed E-state index contributed by atoms with van der Waals surface area (Å²) < 4.78 is 5.17. The van der Waals surface area contributed by atoms with Gasteiger partial charge in [-0.05, 0) is 30.3 Å². The smallest absolute Gasteiger partial charge is 0.230 e. The molecule has 4 nitrogen and oxygen atoms in total. The van der Waals surface area contributed by atoms with Gasteiger partial charge in [-0.15, -0.1) is 0 Å². The Morgan fingerprint density at radius 3 is 2.90 bits per heavy atom. The number of anilines is 1. The third-order valence-corrected chi connectivity index (χ3v) is 3.12. The van der Waals surface area contributed by atoms with Gasteiger partial charge >= 0.3 is 0 Å². The van der Waals surface area contributed by atoms with Gasteiger partial charge in [0.2, 0.25) is 5.91 Å². The average Bonchev–Trinajstić information content (AvgIpc) is 2.82. The highest BCUT2D eigenvalue weighted by molar-refractivity contribution is 6.30. The van der Waals surface area contributed by atoms with Crippen molar-refractivity contribution in [2.24, 2.45) is 0 Å². The van der Waals surface area contributed by atoms with Crippen molar-refractivity contribution >= 4 is 34.2 Å². The topological polar surface area (TPSA) is 55.1 Å². The number of aromatic nitrogens is 1. The van der Waals surface area contributed by atoms with Crippen LogP contribution in [0.2, 0.25) is 5.02 Å². The quantitative estimate of drug-likeness (QED) is 0.799. The molecular formula is C15H11ClN2O2. The first kappa shape index (κ1) is 12.7. The van der Waals surface area contributed by atoms with Crippen LogP contribution in [0.15, 0.2) is 53.1 Å². The van der Waals surface area contributed by atoms with Crippen molar-refractivity contribution in [2.75, 3.05) is 5.32 Å². The molecule has 0 atom stereocenters. The summed E-state index contributed by atoms with van der Waals surface area (Å²) in [5, 5.41) is 8.15. The Hall–Kier alpha value is -2.33. The molecule has 3 rings (SSSR count). The Morgan fingerprint density at radius 1 is 1.20 bits per heavy atom. The van der Waals surface area contributed by atoms with Crippen LogP contribution in [-0.2, 0) is 11.2 Å². The molecule has 1 amide bonds. The van der Waals surface area contributed by atoms with Gasteiger partial charge in [-0.25, -0.2) is 0 Å². The molecule has 0 fully saturated rings. The van der Waals surface area contributed by atoms with Crippen molar-refractivity contribution < 1.29 is 9.32 Å². The van der Waals surface area contributed by atoms with E-state index in [4.69, 9.17) is 16.1 Å². The Kier molecular flexibility index (Phi) is 3.39. The second-order valence-electron chi connectivity index (χ2n) is 4.36. The molecule has 0 saturated carbocycles. The molecule has 0 aliphatic rings. The van der Waals surface area contributed by atoms with E-state index in [1.165, 1.54) is 0 Å². The number of amides is 1. The number of halogens is 1. The minimum absolute atomic E-state index is 0.156. The molecular weight excluding hydrogens is 276 g/mol. The van der Waals surface area contributed by atoms with Gasteiger partial charge in [0.05, 0.1) is 6.42 Å². The third kappa shape index (κ3) is 2.65. The SMILES string of the molecule is O=C(Cc1noc2ccccc12)Nc1cccc(Cl)c1. The van der Waals surface area contributed by atoms with Gasteiger partial charge in [0.15, 0.2) is 5.58 Å². The minimum Gasteiger partial charge on any atom is -0.356 e. The highest BCUT2D eigenvalue weighted by Gasteiger charge is 2.12. The van der Waals surface area contributed by atoms with Crippen LogP contribution in [0.3, 0.4) is 0 Å².